The fraction of sp³-hybridized carbons (Fsp3) is 0. The summed E-state index contributed by atoms with van der Waals surface area (Å²) >= 11 is 30.9. The van der Waals surface area contributed by atoms with Crippen molar-refractivity contribution in [3.8, 4) is 16.3 Å². The van der Waals surface area contributed by atoms with Gasteiger partial charge >= 0.3 is 0 Å². The summed E-state index contributed by atoms with van der Waals surface area (Å²) < 4.78 is 0.777. The van der Waals surface area contributed by atoms with Gasteiger partial charge in [0.2, 0.25) is 5.43 Å². The lowest BCUT2D eigenvalue weighted by atomic mass is 10.2. The largest absolute Gasteiger partial charge is 0.505 e. The molecule has 0 atom stereocenters. The van der Waals surface area contributed by atoms with Gasteiger partial charge in [-0.15, -0.1) is 11.3 Å². The molecule has 0 unspecified atom stereocenters. The molecule has 0 fully saturated rings. The van der Waals surface area contributed by atoms with Crippen LogP contribution in [-0.2, 0) is 0 Å². The van der Waals surface area contributed by atoms with Gasteiger partial charge in [0.05, 0.1) is 20.3 Å². The maximum Gasteiger partial charge on any atom is 0.212 e. The second-order valence-electron chi connectivity index (χ2n) is 4.44. The van der Waals surface area contributed by atoms with Crippen molar-refractivity contribution in [3.63, 3.8) is 0 Å². The Kier molecular flexibility index (Phi) is 4.67. The topological polar surface area (TPSA) is 50.2 Å². The Morgan fingerprint density at radius 3 is 2.30 bits per heavy atom. The number of thiazole rings is 1. The Labute approximate surface area is 159 Å². The quantitative estimate of drug-likeness (QED) is 0.496. The monoisotopic (exact) mass is 425 g/mol. The van der Waals surface area contributed by atoms with Crippen molar-refractivity contribution in [2.75, 3.05) is 0 Å². The molecule has 9 heteroatoms. The van der Waals surface area contributed by atoms with Gasteiger partial charge in [-0.25, -0.2) is 4.98 Å². The van der Waals surface area contributed by atoms with Crippen LogP contribution in [0.4, 0.5) is 0 Å². The molecule has 2 aromatic carbocycles. The van der Waals surface area contributed by atoms with Crippen molar-refractivity contribution in [2.24, 2.45) is 0 Å². The van der Waals surface area contributed by atoms with E-state index in [4.69, 9.17) is 58.0 Å². The number of nitrogens with zero attached hydrogens (tertiary/aromatic N) is 1. The van der Waals surface area contributed by atoms with Crippen LogP contribution in [0.5, 0.6) is 5.75 Å². The normalized spacial score (nSPS) is 11.2. The van der Waals surface area contributed by atoms with Crippen LogP contribution in [0.15, 0.2) is 23.0 Å². The van der Waals surface area contributed by atoms with Crippen LogP contribution < -0.4 is 5.43 Å². The maximum absolute atomic E-state index is 12.5. The molecule has 0 aliphatic rings. The van der Waals surface area contributed by atoms with Crippen LogP contribution in [0.2, 0.25) is 25.1 Å². The molecule has 0 bridgehead atoms. The minimum Gasteiger partial charge on any atom is -0.505 e. The SMILES string of the molecule is O=c1c(Cl)c(Cl)c(Cl)c(Cl)c(O)c1-c1nc2cc(Cl)ccc2s1. The van der Waals surface area contributed by atoms with Gasteiger partial charge in [-0.05, 0) is 18.2 Å². The highest BCUT2D eigenvalue weighted by molar-refractivity contribution is 7.21. The Morgan fingerprint density at radius 2 is 1.61 bits per heavy atom. The first-order valence-electron chi connectivity index (χ1n) is 5.97. The van der Waals surface area contributed by atoms with Gasteiger partial charge in [0.25, 0.3) is 0 Å². The number of fused-ring (bicyclic) bond motifs is 1. The lowest BCUT2D eigenvalue weighted by Crippen LogP contribution is -2.02. The lowest BCUT2D eigenvalue weighted by Gasteiger charge is -1.97. The highest BCUT2D eigenvalue weighted by atomic mass is 35.5. The van der Waals surface area contributed by atoms with Crippen LogP contribution in [-0.4, -0.2) is 10.1 Å². The zero-order chi connectivity index (χ0) is 16.9. The number of rotatable bonds is 1. The molecule has 0 amide bonds. The number of hydrogen-bond acceptors (Lipinski definition) is 4. The molecule has 118 valence electrons. The lowest BCUT2D eigenvalue weighted by molar-refractivity contribution is 0.478. The van der Waals surface area contributed by atoms with E-state index >= 15 is 0 Å². The first-order valence-corrected chi connectivity index (χ1v) is 8.67. The molecule has 1 heterocycles. The third-order valence-electron chi connectivity index (χ3n) is 3.01. The van der Waals surface area contributed by atoms with E-state index in [1.54, 1.807) is 18.2 Å². The average molecular weight is 428 g/mol. The van der Waals surface area contributed by atoms with Gasteiger partial charge < -0.3 is 5.11 Å². The van der Waals surface area contributed by atoms with Gasteiger partial charge in [0.1, 0.15) is 26.4 Å². The molecule has 0 spiro atoms. The average Bonchev–Trinajstić information content (AvgIpc) is 2.91. The van der Waals surface area contributed by atoms with E-state index in [9.17, 15) is 9.90 Å². The van der Waals surface area contributed by atoms with Gasteiger partial charge in [0.15, 0.2) is 0 Å². The minimum atomic E-state index is -0.715. The molecule has 0 radical (unpaired) electrons. The van der Waals surface area contributed by atoms with E-state index in [0.29, 0.717) is 10.5 Å². The van der Waals surface area contributed by atoms with Gasteiger partial charge in [-0.1, -0.05) is 58.0 Å². The zero-order valence-electron chi connectivity index (χ0n) is 10.8. The highest BCUT2D eigenvalue weighted by Gasteiger charge is 2.22. The Hall–Kier alpha value is -0.750. The molecule has 3 rings (SSSR count). The Bertz CT molecular complexity index is 1020. The number of halogens is 5. The standard InChI is InChI=1S/C14H4Cl5NO2S/c15-4-1-2-6-5(3-4)20-14(23-6)7-12(21)10(18)8(16)9(17)11(19)13(7)22/h1-3,21H. The third-order valence-corrected chi connectivity index (χ3v) is 6.08. The summed E-state index contributed by atoms with van der Waals surface area (Å²) in [4.78, 5) is 16.8. The molecule has 0 saturated carbocycles. The van der Waals surface area contributed by atoms with E-state index in [1.807, 2.05) is 0 Å². The summed E-state index contributed by atoms with van der Waals surface area (Å²) in [6, 6.07) is 5.10. The molecule has 0 saturated heterocycles. The van der Waals surface area contributed by atoms with E-state index < -0.39 is 11.2 Å². The van der Waals surface area contributed by atoms with E-state index in [0.717, 1.165) is 4.70 Å². The van der Waals surface area contributed by atoms with Crippen molar-refractivity contribution in [1.82, 2.24) is 4.98 Å². The summed E-state index contributed by atoms with van der Waals surface area (Å²) in [6.07, 6.45) is 0. The molecular weight excluding hydrogens is 423 g/mol. The van der Waals surface area contributed by atoms with Crippen LogP contribution in [0.25, 0.3) is 20.8 Å². The van der Waals surface area contributed by atoms with E-state index in [2.05, 4.69) is 4.98 Å². The van der Waals surface area contributed by atoms with Crippen LogP contribution >= 0.6 is 69.3 Å². The summed E-state index contributed by atoms with van der Waals surface area (Å²) in [5.74, 6) is -0.527. The fourth-order valence-electron chi connectivity index (χ4n) is 1.93. The second kappa shape index (κ2) is 6.28. The van der Waals surface area contributed by atoms with Crippen molar-refractivity contribution < 1.29 is 5.11 Å². The minimum absolute atomic E-state index is 0.161. The fourth-order valence-corrected chi connectivity index (χ4v) is 3.92. The number of aromatic nitrogens is 1. The second-order valence-corrected chi connectivity index (χ2v) is 7.42. The number of benzene rings is 1. The predicted octanol–water partition coefficient (Wildman–Crippen LogP) is 6.30. The maximum atomic E-state index is 12.5. The molecular formula is C14H4Cl5NO2S. The third kappa shape index (κ3) is 2.88. The first kappa shape index (κ1) is 17.1. The van der Waals surface area contributed by atoms with Crippen molar-refractivity contribution in [1.29, 1.82) is 0 Å². The van der Waals surface area contributed by atoms with Crippen molar-refractivity contribution in [2.45, 2.75) is 0 Å². The first-order chi connectivity index (χ1) is 10.8. The number of aromatic hydroxyl groups is 1. The van der Waals surface area contributed by atoms with Crippen molar-refractivity contribution in [3.05, 3.63) is 53.5 Å². The van der Waals surface area contributed by atoms with Crippen molar-refractivity contribution >= 4 is 79.6 Å². The molecule has 3 aromatic rings. The molecule has 0 aliphatic heterocycles. The molecule has 1 aromatic heterocycles. The molecule has 23 heavy (non-hydrogen) atoms. The van der Waals surface area contributed by atoms with Gasteiger partial charge in [-0.3, -0.25) is 4.79 Å². The Balaban J connectivity index is 2.43. The zero-order valence-corrected chi connectivity index (χ0v) is 15.4. The smallest absolute Gasteiger partial charge is 0.212 e. The highest BCUT2D eigenvalue weighted by Crippen LogP contribution is 2.43. The van der Waals surface area contributed by atoms with E-state index in [1.165, 1.54) is 11.3 Å². The Morgan fingerprint density at radius 1 is 0.957 bits per heavy atom. The van der Waals surface area contributed by atoms with Crippen LogP contribution in [0.3, 0.4) is 0 Å². The summed E-state index contributed by atoms with van der Waals surface area (Å²) in [5, 5.41) is 10.00. The molecule has 0 aliphatic carbocycles. The molecule has 3 nitrogen and oxygen atoms in total. The summed E-state index contributed by atoms with van der Waals surface area (Å²) in [6.45, 7) is 0. The van der Waals surface area contributed by atoms with Gasteiger partial charge in [-0.2, -0.15) is 0 Å². The molecule has 1 N–H and O–H groups in total. The van der Waals surface area contributed by atoms with Crippen LogP contribution in [0.1, 0.15) is 0 Å². The van der Waals surface area contributed by atoms with E-state index in [-0.39, 0.29) is 30.7 Å². The van der Waals surface area contributed by atoms with Crippen LogP contribution in [0, 0.1) is 0 Å². The predicted molar refractivity (Wildman–Crippen MR) is 98.0 cm³/mol. The number of hydrogen-bond donors (Lipinski definition) is 1. The summed E-state index contributed by atoms with van der Waals surface area (Å²) in [7, 11) is 0. The van der Waals surface area contributed by atoms with Gasteiger partial charge in [0, 0.05) is 5.02 Å². The summed E-state index contributed by atoms with van der Waals surface area (Å²) in [5.41, 5.74) is -0.300.